The summed E-state index contributed by atoms with van der Waals surface area (Å²) in [4.78, 5) is 22.2. The maximum Gasteiger partial charge on any atom is 0.325 e. The van der Waals surface area contributed by atoms with Gasteiger partial charge in [0.15, 0.2) is 0 Å². The number of carboxylic acid groups (broad SMARTS) is 1. The molecule has 0 saturated carbocycles. The molecular weight excluding hydrogens is 362 g/mol. The molecule has 1 atom stereocenters. The monoisotopic (exact) mass is 411 g/mol. The van der Waals surface area contributed by atoms with Crippen LogP contribution < -0.4 is 5.32 Å². The number of carbonyl (C=O) groups excluding carboxylic acids is 1. The molecule has 29 heavy (non-hydrogen) atoms. The highest BCUT2D eigenvalue weighted by molar-refractivity contribution is 5.83. The number of hydrogen-bond donors (Lipinski definition) is 2. The van der Waals surface area contributed by atoms with Crippen molar-refractivity contribution in [1.29, 1.82) is 0 Å². The van der Waals surface area contributed by atoms with Crippen LogP contribution in [0.1, 0.15) is 142 Å². The molecule has 0 aliphatic rings. The number of rotatable bonds is 22. The maximum absolute atomic E-state index is 11.6. The van der Waals surface area contributed by atoms with Crippen LogP contribution in [0.15, 0.2) is 0 Å². The fourth-order valence-electron chi connectivity index (χ4n) is 3.74. The van der Waals surface area contributed by atoms with Crippen molar-refractivity contribution in [2.24, 2.45) is 0 Å². The van der Waals surface area contributed by atoms with Gasteiger partial charge >= 0.3 is 5.97 Å². The van der Waals surface area contributed by atoms with Gasteiger partial charge in [0.1, 0.15) is 6.04 Å². The molecule has 2 N–H and O–H groups in total. The van der Waals surface area contributed by atoms with Gasteiger partial charge in [-0.3, -0.25) is 9.59 Å². The third-order valence-corrected chi connectivity index (χ3v) is 5.76. The Balaban J connectivity index is 3.15. The lowest BCUT2D eigenvalue weighted by atomic mass is 10.0. The number of carboxylic acids is 1. The average Bonchev–Trinajstić information content (AvgIpc) is 2.69. The summed E-state index contributed by atoms with van der Waals surface area (Å²) >= 11 is 0. The van der Waals surface area contributed by atoms with Crippen LogP contribution in [0, 0.1) is 0 Å². The van der Waals surface area contributed by atoms with E-state index in [1.165, 1.54) is 116 Å². The molecule has 0 aromatic carbocycles. The minimum Gasteiger partial charge on any atom is -0.480 e. The molecule has 0 bridgehead atoms. The van der Waals surface area contributed by atoms with Crippen LogP contribution >= 0.6 is 0 Å². The van der Waals surface area contributed by atoms with Crippen molar-refractivity contribution < 1.29 is 14.7 Å². The number of aliphatic carboxylic acids is 1. The van der Waals surface area contributed by atoms with Crippen molar-refractivity contribution in [2.75, 3.05) is 0 Å². The van der Waals surface area contributed by atoms with E-state index < -0.39 is 12.0 Å². The van der Waals surface area contributed by atoms with Gasteiger partial charge in [-0.2, -0.15) is 0 Å². The Morgan fingerprint density at radius 2 is 0.931 bits per heavy atom. The number of unbranched alkanes of at least 4 members (excludes halogenated alkanes) is 18. The predicted octanol–water partition coefficient (Wildman–Crippen LogP) is 7.40. The summed E-state index contributed by atoms with van der Waals surface area (Å²) in [6, 6.07) is -0.789. The van der Waals surface area contributed by atoms with Gasteiger partial charge in [0, 0.05) is 6.42 Å². The van der Waals surface area contributed by atoms with Gasteiger partial charge in [-0.25, -0.2) is 0 Å². The highest BCUT2D eigenvalue weighted by Crippen LogP contribution is 2.14. The zero-order valence-electron chi connectivity index (χ0n) is 19.5. The summed E-state index contributed by atoms with van der Waals surface area (Å²) in [5.41, 5.74) is 0. The molecule has 1 amide bonds. The molecule has 172 valence electrons. The quantitative estimate of drug-likeness (QED) is 0.182. The Bertz CT molecular complexity index is 384. The fourth-order valence-corrected chi connectivity index (χ4v) is 3.74. The minimum atomic E-state index is -0.980. The SMILES string of the molecule is CCCCCCCCCCCCCCCCCCCCCC(=O)N[C@@H](C)C(=O)O. The van der Waals surface area contributed by atoms with Crippen molar-refractivity contribution in [1.82, 2.24) is 5.32 Å². The van der Waals surface area contributed by atoms with Gasteiger partial charge in [0.25, 0.3) is 0 Å². The van der Waals surface area contributed by atoms with E-state index in [0.29, 0.717) is 6.42 Å². The fraction of sp³-hybridized carbons (Fsp3) is 0.920. The van der Waals surface area contributed by atoms with E-state index in [2.05, 4.69) is 12.2 Å². The smallest absolute Gasteiger partial charge is 0.325 e. The lowest BCUT2D eigenvalue weighted by Crippen LogP contribution is -2.38. The summed E-state index contributed by atoms with van der Waals surface area (Å²) in [5, 5.41) is 11.3. The van der Waals surface area contributed by atoms with E-state index in [1.807, 2.05) is 0 Å². The zero-order chi connectivity index (χ0) is 21.6. The Kier molecular flexibility index (Phi) is 20.9. The molecule has 0 saturated heterocycles. The molecule has 0 radical (unpaired) electrons. The summed E-state index contributed by atoms with van der Waals surface area (Å²) < 4.78 is 0. The molecule has 0 aromatic heterocycles. The molecule has 4 nitrogen and oxygen atoms in total. The lowest BCUT2D eigenvalue weighted by Gasteiger charge is -2.08. The summed E-state index contributed by atoms with van der Waals surface area (Å²) in [6.45, 7) is 3.77. The number of hydrogen-bond acceptors (Lipinski definition) is 2. The summed E-state index contributed by atoms with van der Waals surface area (Å²) in [6.07, 6.45) is 25.8. The van der Waals surface area contributed by atoms with Gasteiger partial charge in [-0.1, -0.05) is 122 Å². The zero-order valence-corrected chi connectivity index (χ0v) is 19.5. The van der Waals surface area contributed by atoms with E-state index in [4.69, 9.17) is 5.11 Å². The molecule has 0 fully saturated rings. The van der Waals surface area contributed by atoms with Crippen LogP contribution in [0.25, 0.3) is 0 Å². The Hall–Kier alpha value is -1.06. The van der Waals surface area contributed by atoms with Crippen molar-refractivity contribution in [3.63, 3.8) is 0 Å². The molecular formula is C25H49NO3. The van der Waals surface area contributed by atoms with E-state index in [-0.39, 0.29) is 5.91 Å². The number of nitrogens with one attached hydrogen (secondary N) is 1. The highest BCUT2D eigenvalue weighted by atomic mass is 16.4. The van der Waals surface area contributed by atoms with Crippen LogP contribution in [-0.4, -0.2) is 23.0 Å². The van der Waals surface area contributed by atoms with Crippen molar-refractivity contribution in [3.8, 4) is 0 Å². The normalized spacial score (nSPS) is 12.1. The predicted molar refractivity (Wildman–Crippen MR) is 123 cm³/mol. The van der Waals surface area contributed by atoms with Crippen LogP contribution in [0.5, 0.6) is 0 Å². The van der Waals surface area contributed by atoms with Gasteiger partial charge in [-0.05, 0) is 13.3 Å². The van der Waals surface area contributed by atoms with Crippen molar-refractivity contribution >= 4 is 11.9 Å². The van der Waals surface area contributed by atoms with E-state index in [1.54, 1.807) is 0 Å². The van der Waals surface area contributed by atoms with Crippen LogP contribution in [0.4, 0.5) is 0 Å². The molecule has 4 heteroatoms. The van der Waals surface area contributed by atoms with Gasteiger partial charge in [-0.15, -0.1) is 0 Å². The van der Waals surface area contributed by atoms with E-state index in [0.717, 1.165) is 12.8 Å². The lowest BCUT2D eigenvalue weighted by molar-refractivity contribution is -0.141. The van der Waals surface area contributed by atoms with E-state index in [9.17, 15) is 9.59 Å². The second-order valence-corrected chi connectivity index (χ2v) is 8.74. The maximum atomic E-state index is 11.6. The van der Waals surface area contributed by atoms with Gasteiger partial charge < -0.3 is 10.4 Å². The first kappa shape index (κ1) is 27.9. The minimum absolute atomic E-state index is 0.146. The first-order chi connectivity index (χ1) is 14.1. The molecule has 0 unspecified atom stereocenters. The first-order valence-corrected chi connectivity index (χ1v) is 12.6. The standard InChI is InChI=1S/C25H49NO3/c1-3-4-5-6-7-8-9-10-11-12-13-14-15-16-17-18-19-20-21-22-24(27)26-23(2)25(28)29/h23H,3-22H2,1-2H3,(H,26,27)(H,28,29)/t23-/m0/s1. The van der Waals surface area contributed by atoms with Crippen molar-refractivity contribution in [3.05, 3.63) is 0 Å². The van der Waals surface area contributed by atoms with Gasteiger partial charge in [0.05, 0.1) is 0 Å². The van der Waals surface area contributed by atoms with Crippen LogP contribution in [0.2, 0.25) is 0 Å². The Morgan fingerprint density at radius 3 is 1.24 bits per heavy atom. The highest BCUT2D eigenvalue weighted by Gasteiger charge is 2.12. The second-order valence-electron chi connectivity index (χ2n) is 8.74. The number of amides is 1. The Labute approximate surface area is 180 Å². The van der Waals surface area contributed by atoms with Crippen LogP contribution in [0.3, 0.4) is 0 Å². The molecule has 0 aliphatic heterocycles. The van der Waals surface area contributed by atoms with Crippen LogP contribution in [-0.2, 0) is 9.59 Å². The summed E-state index contributed by atoms with van der Waals surface area (Å²) in [5.74, 6) is -1.13. The molecule has 0 spiro atoms. The largest absolute Gasteiger partial charge is 0.480 e. The molecule has 0 aliphatic carbocycles. The molecule has 0 rings (SSSR count). The third-order valence-electron chi connectivity index (χ3n) is 5.76. The third kappa shape index (κ3) is 21.5. The van der Waals surface area contributed by atoms with Gasteiger partial charge in [0.2, 0.25) is 5.91 Å². The van der Waals surface area contributed by atoms with E-state index >= 15 is 0 Å². The Morgan fingerprint density at radius 1 is 0.621 bits per heavy atom. The second kappa shape index (κ2) is 21.6. The average molecular weight is 412 g/mol. The summed E-state index contributed by atoms with van der Waals surface area (Å²) in [7, 11) is 0. The number of carbonyl (C=O) groups is 2. The molecule has 0 aromatic rings. The first-order valence-electron chi connectivity index (χ1n) is 12.6. The molecule has 0 heterocycles. The topological polar surface area (TPSA) is 66.4 Å². The van der Waals surface area contributed by atoms with Crippen molar-refractivity contribution in [2.45, 2.75) is 148 Å².